The maximum atomic E-state index is 8.93. The Kier molecular flexibility index (Phi) is 11.2. The highest BCUT2D eigenvalue weighted by Crippen LogP contribution is 2.01. The van der Waals surface area contributed by atoms with Crippen LogP contribution in [-0.4, -0.2) is 48.8 Å². The summed E-state index contributed by atoms with van der Waals surface area (Å²) < 4.78 is 10.5. The van der Waals surface area contributed by atoms with Crippen LogP contribution in [0.4, 0.5) is 0 Å². The van der Waals surface area contributed by atoms with Gasteiger partial charge in [-0.3, -0.25) is 0 Å². The molecule has 0 saturated carbocycles. The lowest BCUT2D eigenvalue weighted by atomic mass is 10.2. The highest BCUT2D eigenvalue weighted by molar-refractivity contribution is 4.46. The Morgan fingerprint density at radius 2 is 1.12 bits per heavy atom. The van der Waals surface area contributed by atoms with E-state index in [1.165, 1.54) is 0 Å². The molecule has 0 aromatic rings. The SMILES string of the molecule is C[C@H](O)COCCCCCCOC[C@H](C)O. The molecule has 98 valence electrons. The van der Waals surface area contributed by atoms with Crippen molar-refractivity contribution in [1.82, 2.24) is 0 Å². The van der Waals surface area contributed by atoms with E-state index >= 15 is 0 Å². The molecule has 0 aliphatic heterocycles. The summed E-state index contributed by atoms with van der Waals surface area (Å²) in [4.78, 5) is 0. The van der Waals surface area contributed by atoms with E-state index in [0.29, 0.717) is 13.2 Å². The molecule has 0 radical (unpaired) electrons. The molecule has 2 N–H and O–H groups in total. The van der Waals surface area contributed by atoms with Gasteiger partial charge in [-0.15, -0.1) is 0 Å². The first kappa shape index (κ1) is 15.8. The lowest BCUT2D eigenvalue weighted by Gasteiger charge is -2.07. The summed E-state index contributed by atoms with van der Waals surface area (Å²) in [7, 11) is 0. The lowest BCUT2D eigenvalue weighted by Crippen LogP contribution is -2.11. The van der Waals surface area contributed by atoms with Crippen molar-refractivity contribution in [1.29, 1.82) is 0 Å². The van der Waals surface area contributed by atoms with E-state index in [1.807, 2.05) is 0 Å². The molecule has 0 aliphatic rings. The van der Waals surface area contributed by atoms with Gasteiger partial charge in [0.15, 0.2) is 0 Å². The van der Waals surface area contributed by atoms with E-state index in [4.69, 9.17) is 19.7 Å². The van der Waals surface area contributed by atoms with Crippen molar-refractivity contribution in [3.05, 3.63) is 0 Å². The smallest absolute Gasteiger partial charge is 0.0745 e. The molecule has 0 aromatic carbocycles. The van der Waals surface area contributed by atoms with Crippen LogP contribution in [0.25, 0.3) is 0 Å². The minimum absolute atomic E-state index is 0.367. The van der Waals surface area contributed by atoms with Gasteiger partial charge in [0.05, 0.1) is 25.4 Å². The summed E-state index contributed by atoms with van der Waals surface area (Å²) in [5.41, 5.74) is 0. The molecule has 0 amide bonds. The van der Waals surface area contributed by atoms with Gasteiger partial charge in [0.1, 0.15) is 0 Å². The Labute approximate surface area is 98.6 Å². The van der Waals surface area contributed by atoms with E-state index in [-0.39, 0.29) is 12.2 Å². The summed E-state index contributed by atoms with van der Waals surface area (Å²) >= 11 is 0. The molecular formula is C12H26O4. The van der Waals surface area contributed by atoms with Crippen LogP contribution in [0, 0.1) is 0 Å². The molecule has 0 aromatic heterocycles. The Balaban J connectivity index is 2.93. The quantitative estimate of drug-likeness (QED) is 0.530. The minimum atomic E-state index is -0.367. The van der Waals surface area contributed by atoms with Gasteiger partial charge in [-0.05, 0) is 26.7 Å². The second-order valence-electron chi connectivity index (χ2n) is 4.26. The number of hydrogen-bond donors (Lipinski definition) is 2. The predicted molar refractivity (Wildman–Crippen MR) is 63.5 cm³/mol. The van der Waals surface area contributed by atoms with Crippen molar-refractivity contribution in [3.63, 3.8) is 0 Å². The molecule has 4 heteroatoms. The number of rotatable bonds is 11. The maximum absolute atomic E-state index is 8.93. The number of ether oxygens (including phenoxy) is 2. The van der Waals surface area contributed by atoms with Crippen LogP contribution in [0.2, 0.25) is 0 Å². The summed E-state index contributed by atoms with van der Waals surface area (Å²) in [6.45, 7) is 5.74. The van der Waals surface area contributed by atoms with Crippen molar-refractivity contribution < 1.29 is 19.7 Å². The first-order valence-electron chi connectivity index (χ1n) is 6.14. The second kappa shape index (κ2) is 11.3. The highest BCUT2D eigenvalue weighted by Gasteiger charge is 1.96. The summed E-state index contributed by atoms with van der Waals surface area (Å²) in [5, 5.41) is 17.9. The van der Waals surface area contributed by atoms with Crippen LogP contribution in [-0.2, 0) is 9.47 Å². The largest absolute Gasteiger partial charge is 0.391 e. The first-order chi connectivity index (χ1) is 7.63. The van der Waals surface area contributed by atoms with E-state index in [0.717, 1.165) is 38.9 Å². The number of unbranched alkanes of at least 4 members (excludes halogenated alkanes) is 3. The number of aliphatic hydroxyl groups is 2. The van der Waals surface area contributed by atoms with Crippen molar-refractivity contribution in [2.75, 3.05) is 26.4 Å². The van der Waals surface area contributed by atoms with Gasteiger partial charge < -0.3 is 19.7 Å². The lowest BCUT2D eigenvalue weighted by molar-refractivity contribution is 0.0404. The molecule has 0 saturated heterocycles. The molecule has 0 rings (SSSR count). The summed E-state index contributed by atoms with van der Waals surface area (Å²) in [6, 6.07) is 0. The van der Waals surface area contributed by atoms with Gasteiger partial charge in [0.2, 0.25) is 0 Å². The zero-order valence-electron chi connectivity index (χ0n) is 10.5. The third kappa shape index (κ3) is 13.8. The standard InChI is InChI=1S/C12H26O4/c1-11(13)9-15-7-5-3-4-6-8-16-10-12(2)14/h11-14H,3-10H2,1-2H3/t11-,12-/m0/s1. The fourth-order valence-electron chi connectivity index (χ4n) is 1.27. The van der Waals surface area contributed by atoms with Crippen LogP contribution in [0.1, 0.15) is 39.5 Å². The summed E-state index contributed by atoms with van der Waals surface area (Å²) in [6.07, 6.45) is 3.57. The Morgan fingerprint density at radius 1 is 0.750 bits per heavy atom. The monoisotopic (exact) mass is 234 g/mol. The normalized spacial score (nSPS) is 15.0. The van der Waals surface area contributed by atoms with Gasteiger partial charge >= 0.3 is 0 Å². The molecule has 0 aliphatic carbocycles. The van der Waals surface area contributed by atoms with Crippen LogP contribution in [0.3, 0.4) is 0 Å². The van der Waals surface area contributed by atoms with Crippen LogP contribution in [0.5, 0.6) is 0 Å². The second-order valence-corrected chi connectivity index (χ2v) is 4.26. The third-order valence-corrected chi connectivity index (χ3v) is 2.05. The molecule has 0 spiro atoms. The molecule has 2 atom stereocenters. The van der Waals surface area contributed by atoms with E-state index < -0.39 is 0 Å². The van der Waals surface area contributed by atoms with Gasteiger partial charge in [0, 0.05) is 13.2 Å². The first-order valence-corrected chi connectivity index (χ1v) is 6.14. The topological polar surface area (TPSA) is 58.9 Å². The molecule has 16 heavy (non-hydrogen) atoms. The van der Waals surface area contributed by atoms with Gasteiger partial charge in [-0.2, -0.15) is 0 Å². The van der Waals surface area contributed by atoms with E-state index in [1.54, 1.807) is 13.8 Å². The zero-order chi connectivity index (χ0) is 12.2. The van der Waals surface area contributed by atoms with E-state index in [9.17, 15) is 0 Å². The van der Waals surface area contributed by atoms with Crippen molar-refractivity contribution in [2.45, 2.75) is 51.7 Å². The van der Waals surface area contributed by atoms with Crippen LogP contribution in [0.15, 0.2) is 0 Å². The number of hydrogen-bond acceptors (Lipinski definition) is 4. The highest BCUT2D eigenvalue weighted by atomic mass is 16.5. The van der Waals surface area contributed by atoms with Gasteiger partial charge in [-0.1, -0.05) is 12.8 Å². The molecule has 0 fully saturated rings. The van der Waals surface area contributed by atoms with Crippen molar-refractivity contribution >= 4 is 0 Å². The van der Waals surface area contributed by atoms with E-state index in [2.05, 4.69) is 0 Å². The van der Waals surface area contributed by atoms with Crippen LogP contribution < -0.4 is 0 Å². The molecule has 0 heterocycles. The molecule has 0 unspecified atom stereocenters. The Hall–Kier alpha value is -0.160. The van der Waals surface area contributed by atoms with Crippen molar-refractivity contribution in [3.8, 4) is 0 Å². The Morgan fingerprint density at radius 3 is 1.44 bits per heavy atom. The minimum Gasteiger partial charge on any atom is -0.391 e. The average Bonchev–Trinajstić information content (AvgIpc) is 2.20. The molecule has 4 nitrogen and oxygen atoms in total. The molecular weight excluding hydrogens is 208 g/mol. The number of aliphatic hydroxyl groups excluding tert-OH is 2. The average molecular weight is 234 g/mol. The predicted octanol–water partition coefficient (Wildman–Crippen LogP) is 1.34. The molecule has 0 bridgehead atoms. The fourth-order valence-corrected chi connectivity index (χ4v) is 1.27. The fraction of sp³-hybridized carbons (Fsp3) is 1.00. The maximum Gasteiger partial charge on any atom is 0.0745 e. The summed E-state index contributed by atoms with van der Waals surface area (Å²) in [5.74, 6) is 0. The van der Waals surface area contributed by atoms with Crippen LogP contribution >= 0.6 is 0 Å². The Bertz CT molecular complexity index is 121. The zero-order valence-corrected chi connectivity index (χ0v) is 10.5. The third-order valence-electron chi connectivity index (χ3n) is 2.05. The van der Waals surface area contributed by atoms with Gasteiger partial charge in [-0.25, -0.2) is 0 Å². The van der Waals surface area contributed by atoms with Gasteiger partial charge in [0.25, 0.3) is 0 Å². The van der Waals surface area contributed by atoms with Crippen molar-refractivity contribution in [2.24, 2.45) is 0 Å².